The van der Waals surface area contributed by atoms with E-state index in [1.165, 1.54) is 0 Å². The second-order valence-corrected chi connectivity index (χ2v) is 5.84. The van der Waals surface area contributed by atoms with Crippen LogP contribution in [0.4, 0.5) is 5.69 Å². The summed E-state index contributed by atoms with van der Waals surface area (Å²) in [6, 6.07) is 15.9. The molecule has 0 unspecified atom stereocenters. The van der Waals surface area contributed by atoms with Gasteiger partial charge in [-0.25, -0.2) is 0 Å². The van der Waals surface area contributed by atoms with Crippen LogP contribution in [0, 0.1) is 0 Å². The summed E-state index contributed by atoms with van der Waals surface area (Å²) in [7, 11) is 0. The van der Waals surface area contributed by atoms with E-state index >= 15 is 0 Å². The number of rotatable bonds is 2. The first-order valence-electron chi connectivity index (χ1n) is 6.24. The lowest BCUT2D eigenvalue weighted by Gasteiger charge is -2.06. The molecular weight excluding hydrogens is 306 g/mol. The van der Waals surface area contributed by atoms with E-state index in [9.17, 15) is 9.59 Å². The summed E-state index contributed by atoms with van der Waals surface area (Å²) in [5.74, 6) is -0.337. The van der Waals surface area contributed by atoms with Crippen LogP contribution in [0.2, 0.25) is 5.02 Å². The lowest BCUT2D eigenvalue weighted by atomic mass is 10.2. The van der Waals surface area contributed by atoms with Gasteiger partial charge in [-0.2, -0.15) is 0 Å². The van der Waals surface area contributed by atoms with E-state index in [0.29, 0.717) is 21.0 Å². The molecule has 3 aromatic rings. The van der Waals surface area contributed by atoms with Gasteiger partial charge in [0.25, 0.3) is 5.91 Å². The number of carbonyl (C=O) groups excluding carboxylic acids is 1. The predicted octanol–water partition coefficient (Wildman–Crippen LogP) is 4.17. The Morgan fingerprint density at radius 2 is 1.76 bits per heavy atom. The van der Waals surface area contributed by atoms with Gasteiger partial charge in [0.2, 0.25) is 4.74 Å². The minimum absolute atomic E-state index is 0.127. The molecule has 3 nitrogen and oxygen atoms in total. The number of hydrogen-bond acceptors (Lipinski definition) is 3. The molecule has 1 amide bonds. The molecule has 0 radical (unpaired) electrons. The number of fused-ring (bicyclic) bond motifs is 1. The van der Waals surface area contributed by atoms with Gasteiger partial charge in [-0.1, -0.05) is 53.3 Å². The second-order valence-electron chi connectivity index (χ2n) is 4.42. The average Bonchev–Trinajstić information content (AvgIpc) is 2.49. The van der Waals surface area contributed by atoms with Crippen molar-refractivity contribution in [2.75, 3.05) is 5.32 Å². The molecule has 0 saturated carbocycles. The number of anilines is 1. The van der Waals surface area contributed by atoms with Crippen molar-refractivity contribution in [1.82, 2.24) is 0 Å². The average molecular weight is 316 g/mol. The van der Waals surface area contributed by atoms with E-state index in [1.807, 2.05) is 12.1 Å². The minimum atomic E-state index is -0.337. The molecule has 2 aromatic carbocycles. The number of halogens is 1. The Balaban J connectivity index is 1.99. The highest BCUT2D eigenvalue weighted by Crippen LogP contribution is 2.22. The van der Waals surface area contributed by atoms with Crippen LogP contribution >= 0.6 is 22.9 Å². The highest BCUT2D eigenvalue weighted by molar-refractivity contribution is 7.12. The third kappa shape index (κ3) is 2.82. The van der Waals surface area contributed by atoms with Crippen molar-refractivity contribution in [2.24, 2.45) is 0 Å². The smallest absolute Gasteiger partial charge is 0.265 e. The molecule has 0 spiro atoms. The topological polar surface area (TPSA) is 46.2 Å². The molecule has 1 heterocycles. The van der Waals surface area contributed by atoms with E-state index in [2.05, 4.69) is 5.32 Å². The van der Waals surface area contributed by atoms with E-state index in [-0.39, 0.29) is 10.6 Å². The summed E-state index contributed by atoms with van der Waals surface area (Å²) in [6.45, 7) is 0. The van der Waals surface area contributed by atoms with Crippen LogP contribution < -0.4 is 10.1 Å². The Morgan fingerprint density at radius 3 is 2.57 bits per heavy atom. The molecule has 3 rings (SSSR count). The maximum absolute atomic E-state index is 12.3. The van der Waals surface area contributed by atoms with Crippen LogP contribution in [0.3, 0.4) is 0 Å². The standard InChI is InChI=1S/C16H10ClNO2S/c17-12-7-3-4-8-13(12)18-15(19)14-9-10-5-1-2-6-11(10)16(20)21-14/h1-9H,(H,18,19). The molecule has 0 saturated heterocycles. The zero-order valence-corrected chi connectivity index (χ0v) is 12.4. The van der Waals surface area contributed by atoms with Gasteiger partial charge < -0.3 is 5.32 Å². The molecule has 1 aromatic heterocycles. The van der Waals surface area contributed by atoms with Crippen molar-refractivity contribution in [3.8, 4) is 0 Å². The van der Waals surface area contributed by atoms with Crippen LogP contribution in [0.25, 0.3) is 10.8 Å². The molecule has 5 heteroatoms. The third-order valence-electron chi connectivity index (χ3n) is 3.02. The van der Waals surface area contributed by atoms with Crippen LogP contribution in [0.1, 0.15) is 9.67 Å². The first kappa shape index (κ1) is 13.8. The molecule has 0 atom stereocenters. The highest BCUT2D eigenvalue weighted by Gasteiger charge is 2.11. The summed E-state index contributed by atoms with van der Waals surface area (Å²) >= 11 is 6.94. The maximum atomic E-state index is 12.3. The lowest BCUT2D eigenvalue weighted by molar-refractivity contribution is 0.103. The number of benzene rings is 2. The van der Waals surface area contributed by atoms with Gasteiger partial charge >= 0.3 is 0 Å². The Morgan fingerprint density at radius 1 is 1.05 bits per heavy atom. The molecule has 104 valence electrons. The Bertz CT molecular complexity index is 889. The molecular formula is C16H10ClNO2S. The summed E-state index contributed by atoms with van der Waals surface area (Å²) in [5.41, 5.74) is 0.525. The third-order valence-corrected chi connectivity index (χ3v) is 4.27. The van der Waals surface area contributed by atoms with E-state index in [4.69, 9.17) is 11.6 Å². The molecule has 1 N–H and O–H groups in total. The Hall–Kier alpha value is -2.17. The van der Waals surface area contributed by atoms with Gasteiger partial charge in [-0.3, -0.25) is 9.59 Å². The van der Waals surface area contributed by atoms with E-state index < -0.39 is 0 Å². The summed E-state index contributed by atoms with van der Waals surface area (Å²) in [4.78, 5) is 24.7. The number of hydrogen-bond donors (Lipinski definition) is 1. The zero-order valence-electron chi connectivity index (χ0n) is 10.8. The molecule has 0 aliphatic rings. The fraction of sp³-hybridized carbons (Fsp3) is 0. The quantitative estimate of drug-likeness (QED) is 0.771. The van der Waals surface area contributed by atoms with Gasteiger partial charge in [0.15, 0.2) is 0 Å². The van der Waals surface area contributed by atoms with Crippen molar-refractivity contribution in [2.45, 2.75) is 0 Å². The lowest BCUT2D eigenvalue weighted by Crippen LogP contribution is -2.13. The van der Waals surface area contributed by atoms with Crippen LogP contribution in [-0.4, -0.2) is 5.91 Å². The summed E-state index contributed by atoms with van der Waals surface area (Å²) < 4.78 is -0.127. The fourth-order valence-corrected chi connectivity index (χ4v) is 3.00. The van der Waals surface area contributed by atoms with Crippen LogP contribution in [0.5, 0.6) is 0 Å². The molecule has 0 fully saturated rings. The number of nitrogens with one attached hydrogen (secondary N) is 1. The fourth-order valence-electron chi connectivity index (χ4n) is 1.99. The molecule has 0 aliphatic heterocycles. The number of amides is 1. The van der Waals surface area contributed by atoms with Crippen molar-refractivity contribution in [1.29, 1.82) is 0 Å². The van der Waals surface area contributed by atoms with E-state index in [1.54, 1.807) is 42.5 Å². The Kier molecular flexibility index (Phi) is 3.73. The Labute approximate surface area is 129 Å². The zero-order chi connectivity index (χ0) is 14.8. The maximum Gasteiger partial charge on any atom is 0.265 e. The molecule has 0 bridgehead atoms. The van der Waals surface area contributed by atoms with Crippen LogP contribution in [-0.2, 0) is 0 Å². The first-order valence-corrected chi connectivity index (χ1v) is 7.43. The second kappa shape index (κ2) is 5.68. The van der Waals surface area contributed by atoms with Gasteiger partial charge in [0.1, 0.15) is 0 Å². The van der Waals surface area contributed by atoms with Gasteiger partial charge in [-0.15, -0.1) is 0 Å². The first-order chi connectivity index (χ1) is 10.1. The number of carbonyl (C=O) groups is 1. The normalized spacial score (nSPS) is 10.5. The van der Waals surface area contributed by atoms with Crippen molar-refractivity contribution < 1.29 is 4.79 Å². The van der Waals surface area contributed by atoms with Crippen molar-refractivity contribution in [3.63, 3.8) is 0 Å². The van der Waals surface area contributed by atoms with Gasteiger partial charge in [0.05, 0.1) is 15.6 Å². The number of para-hydroxylation sites is 1. The van der Waals surface area contributed by atoms with Crippen molar-refractivity contribution >= 4 is 45.3 Å². The molecule has 21 heavy (non-hydrogen) atoms. The monoisotopic (exact) mass is 315 g/mol. The predicted molar refractivity (Wildman–Crippen MR) is 87.5 cm³/mol. The SMILES string of the molecule is O=C(Nc1ccccc1Cl)c1cc2ccccc2c(=O)s1. The van der Waals surface area contributed by atoms with Gasteiger partial charge in [-0.05, 0) is 29.7 Å². The molecule has 0 aliphatic carbocycles. The summed E-state index contributed by atoms with van der Waals surface area (Å²) in [6.07, 6.45) is 0. The van der Waals surface area contributed by atoms with Crippen LogP contribution in [0.15, 0.2) is 59.4 Å². The highest BCUT2D eigenvalue weighted by atomic mass is 35.5. The summed E-state index contributed by atoms with van der Waals surface area (Å²) in [5, 5.41) is 4.55. The van der Waals surface area contributed by atoms with Crippen molar-refractivity contribution in [3.05, 3.63) is 74.0 Å². The van der Waals surface area contributed by atoms with Gasteiger partial charge in [0, 0.05) is 5.39 Å². The largest absolute Gasteiger partial charge is 0.320 e. The van der Waals surface area contributed by atoms with E-state index in [0.717, 1.165) is 16.7 Å². The minimum Gasteiger partial charge on any atom is -0.320 e.